The SMILES string of the molecule is Fc1ccc(SCC=CCS)cc1. The summed E-state index contributed by atoms with van der Waals surface area (Å²) < 4.78 is 12.5. The van der Waals surface area contributed by atoms with E-state index in [1.54, 1.807) is 23.9 Å². The van der Waals surface area contributed by atoms with Crippen LogP contribution in [0.2, 0.25) is 0 Å². The summed E-state index contributed by atoms with van der Waals surface area (Å²) in [6, 6.07) is 6.53. The van der Waals surface area contributed by atoms with Crippen molar-refractivity contribution in [1.29, 1.82) is 0 Å². The maximum Gasteiger partial charge on any atom is 0.123 e. The fourth-order valence-corrected chi connectivity index (χ4v) is 1.72. The van der Waals surface area contributed by atoms with E-state index in [-0.39, 0.29) is 5.82 Å². The molecule has 1 rings (SSSR count). The van der Waals surface area contributed by atoms with E-state index in [1.165, 1.54) is 12.1 Å². The number of halogens is 1. The molecule has 0 nitrogen and oxygen atoms in total. The van der Waals surface area contributed by atoms with Crippen molar-refractivity contribution in [2.45, 2.75) is 4.90 Å². The molecular formula is C10H11FS2. The van der Waals surface area contributed by atoms with Crippen molar-refractivity contribution >= 4 is 24.4 Å². The Kier molecular flexibility index (Phi) is 5.01. The van der Waals surface area contributed by atoms with Gasteiger partial charge in [0.25, 0.3) is 0 Å². The van der Waals surface area contributed by atoms with Gasteiger partial charge in [-0.25, -0.2) is 4.39 Å². The summed E-state index contributed by atoms with van der Waals surface area (Å²) in [7, 11) is 0. The van der Waals surface area contributed by atoms with Gasteiger partial charge in [-0.15, -0.1) is 11.8 Å². The lowest BCUT2D eigenvalue weighted by Crippen LogP contribution is -1.76. The highest BCUT2D eigenvalue weighted by Gasteiger charge is 1.91. The van der Waals surface area contributed by atoms with Crippen LogP contribution in [0.25, 0.3) is 0 Å². The Morgan fingerprint density at radius 3 is 2.54 bits per heavy atom. The maximum absolute atomic E-state index is 12.5. The van der Waals surface area contributed by atoms with E-state index < -0.39 is 0 Å². The van der Waals surface area contributed by atoms with Crippen molar-refractivity contribution in [3.8, 4) is 0 Å². The number of benzene rings is 1. The smallest absolute Gasteiger partial charge is 0.123 e. The van der Waals surface area contributed by atoms with E-state index in [0.717, 1.165) is 16.4 Å². The third kappa shape index (κ3) is 4.39. The standard InChI is InChI=1S/C10H11FS2/c11-9-3-5-10(6-4-9)13-8-2-1-7-12/h1-6,12H,7-8H2. The van der Waals surface area contributed by atoms with Crippen LogP contribution in [0.4, 0.5) is 4.39 Å². The molecule has 0 aliphatic heterocycles. The second-order valence-corrected chi connectivity index (χ2v) is 3.88. The number of rotatable bonds is 4. The molecule has 0 fully saturated rings. The Morgan fingerprint density at radius 1 is 1.23 bits per heavy atom. The second kappa shape index (κ2) is 6.11. The highest BCUT2D eigenvalue weighted by atomic mass is 32.2. The van der Waals surface area contributed by atoms with E-state index >= 15 is 0 Å². The van der Waals surface area contributed by atoms with E-state index in [2.05, 4.69) is 18.7 Å². The molecule has 70 valence electrons. The predicted molar refractivity (Wildman–Crippen MR) is 60.1 cm³/mol. The van der Waals surface area contributed by atoms with Crippen molar-refractivity contribution in [2.75, 3.05) is 11.5 Å². The highest BCUT2D eigenvalue weighted by Crippen LogP contribution is 2.17. The molecule has 0 N–H and O–H groups in total. The molecule has 0 bridgehead atoms. The first-order valence-corrected chi connectivity index (χ1v) is 5.59. The molecule has 0 saturated heterocycles. The summed E-state index contributed by atoms with van der Waals surface area (Å²) in [4.78, 5) is 1.09. The Hall–Kier alpha value is -0.410. The van der Waals surface area contributed by atoms with Gasteiger partial charge in [-0.3, -0.25) is 0 Å². The Balaban J connectivity index is 2.37. The van der Waals surface area contributed by atoms with Gasteiger partial charge in [-0.05, 0) is 24.3 Å². The summed E-state index contributed by atoms with van der Waals surface area (Å²) in [6.07, 6.45) is 4.06. The minimum atomic E-state index is -0.185. The van der Waals surface area contributed by atoms with Gasteiger partial charge in [-0.1, -0.05) is 12.2 Å². The molecular weight excluding hydrogens is 203 g/mol. The molecule has 1 aromatic carbocycles. The molecule has 0 aliphatic rings. The summed E-state index contributed by atoms with van der Waals surface area (Å²) in [5, 5.41) is 0. The first-order valence-electron chi connectivity index (χ1n) is 3.97. The zero-order chi connectivity index (χ0) is 9.52. The normalized spacial score (nSPS) is 10.9. The molecule has 0 amide bonds. The lowest BCUT2D eigenvalue weighted by molar-refractivity contribution is 0.626. The predicted octanol–water partition coefficient (Wildman–Crippen LogP) is 3.40. The molecule has 3 heteroatoms. The minimum absolute atomic E-state index is 0.185. The van der Waals surface area contributed by atoms with Gasteiger partial charge in [-0.2, -0.15) is 12.6 Å². The van der Waals surface area contributed by atoms with Crippen LogP contribution in [-0.2, 0) is 0 Å². The molecule has 0 saturated carbocycles. The van der Waals surface area contributed by atoms with Crippen molar-refractivity contribution < 1.29 is 4.39 Å². The molecule has 0 heterocycles. The van der Waals surface area contributed by atoms with E-state index in [4.69, 9.17) is 0 Å². The van der Waals surface area contributed by atoms with Gasteiger partial charge in [0.1, 0.15) is 5.82 Å². The Labute approximate surface area is 87.6 Å². The minimum Gasteiger partial charge on any atom is -0.207 e. The van der Waals surface area contributed by atoms with Gasteiger partial charge in [0.2, 0.25) is 0 Å². The van der Waals surface area contributed by atoms with Crippen LogP contribution >= 0.6 is 24.4 Å². The quantitative estimate of drug-likeness (QED) is 0.455. The third-order valence-electron chi connectivity index (χ3n) is 1.43. The number of hydrogen-bond acceptors (Lipinski definition) is 2. The molecule has 13 heavy (non-hydrogen) atoms. The third-order valence-corrected chi connectivity index (χ3v) is 2.61. The van der Waals surface area contributed by atoms with E-state index in [9.17, 15) is 4.39 Å². The Bertz CT molecular complexity index is 267. The fourth-order valence-electron chi connectivity index (χ4n) is 0.818. The lowest BCUT2D eigenvalue weighted by Gasteiger charge is -1.96. The number of thioether (sulfide) groups is 1. The average Bonchev–Trinajstić information content (AvgIpc) is 2.15. The number of hydrogen-bond donors (Lipinski definition) is 1. The average molecular weight is 214 g/mol. The maximum atomic E-state index is 12.5. The molecule has 0 radical (unpaired) electrons. The largest absolute Gasteiger partial charge is 0.207 e. The van der Waals surface area contributed by atoms with Crippen molar-refractivity contribution in [3.63, 3.8) is 0 Å². The van der Waals surface area contributed by atoms with E-state index in [0.29, 0.717) is 0 Å². The van der Waals surface area contributed by atoms with Crippen LogP contribution in [-0.4, -0.2) is 11.5 Å². The Morgan fingerprint density at radius 2 is 1.92 bits per heavy atom. The summed E-state index contributed by atoms with van der Waals surface area (Å²) in [5.74, 6) is 1.49. The van der Waals surface area contributed by atoms with Crippen molar-refractivity contribution in [2.24, 2.45) is 0 Å². The first-order chi connectivity index (χ1) is 6.33. The van der Waals surface area contributed by atoms with Crippen LogP contribution in [0.15, 0.2) is 41.3 Å². The summed E-state index contributed by atoms with van der Waals surface area (Å²) in [5.41, 5.74) is 0. The van der Waals surface area contributed by atoms with Gasteiger partial charge < -0.3 is 0 Å². The van der Waals surface area contributed by atoms with Crippen LogP contribution in [0.3, 0.4) is 0 Å². The fraction of sp³-hybridized carbons (Fsp3) is 0.200. The highest BCUT2D eigenvalue weighted by molar-refractivity contribution is 7.99. The molecule has 0 spiro atoms. The van der Waals surface area contributed by atoms with Gasteiger partial charge >= 0.3 is 0 Å². The summed E-state index contributed by atoms with van der Waals surface area (Å²) in [6.45, 7) is 0. The second-order valence-electron chi connectivity index (χ2n) is 2.42. The molecule has 0 unspecified atom stereocenters. The molecule has 0 aromatic heterocycles. The lowest BCUT2D eigenvalue weighted by atomic mass is 10.4. The van der Waals surface area contributed by atoms with Gasteiger partial charge in [0, 0.05) is 16.4 Å². The van der Waals surface area contributed by atoms with Crippen LogP contribution < -0.4 is 0 Å². The molecule has 1 aromatic rings. The van der Waals surface area contributed by atoms with Gasteiger partial charge in [0.15, 0.2) is 0 Å². The van der Waals surface area contributed by atoms with Crippen molar-refractivity contribution in [1.82, 2.24) is 0 Å². The molecule has 0 atom stereocenters. The number of thiol groups is 1. The van der Waals surface area contributed by atoms with Crippen LogP contribution in [0.5, 0.6) is 0 Å². The topological polar surface area (TPSA) is 0 Å². The first kappa shape index (κ1) is 10.7. The molecule has 0 aliphatic carbocycles. The zero-order valence-corrected chi connectivity index (χ0v) is 8.82. The van der Waals surface area contributed by atoms with E-state index in [1.807, 2.05) is 6.08 Å². The van der Waals surface area contributed by atoms with Crippen LogP contribution in [0, 0.1) is 5.82 Å². The zero-order valence-electron chi connectivity index (χ0n) is 7.11. The van der Waals surface area contributed by atoms with Gasteiger partial charge in [0.05, 0.1) is 0 Å². The summed E-state index contributed by atoms with van der Waals surface area (Å²) >= 11 is 5.73. The van der Waals surface area contributed by atoms with Crippen LogP contribution in [0.1, 0.15) is 0 Å². The van der Waals surface area contributed by atoms with Crippen molar-refractivity contribution in [3.05, 3.63) is 42.2 Å². The monoisotopic (exact) mass is 214 g/mol.